The number of piperidine rings is 1. The normalized spacial score (nSPS) is 26.8. The van der Waals surface area contributed by atoms with Crippen LogP contribution in [0.2, 0.25) is 0 Å². The third kappa shape index (κ3) is 8.98. The molecule has 232 valence electrons. The van der Waals surface area contributed by atoms with Crippen LogP contribution in [0.25, 0.3) is 0 Å². The summed E-state index contributed by atoms with van der Waals surface area (Å²) >= 11 is 0. The third-order valence-electron chi connectivity index (χ3n) is 9.55. The van der Waals surface area contributed by atoms with E-state index in [1.54, 1.807) is 0 Å². The van der Waals surface area contributed by atoms with Crippen molar-refractivity contribution in [2.24, 2.45) is 17.3 Å². The lowest BCUT2D eigenvalue weighted by Gasteiger charge is -2.49. The van der Waals surface area contributed by atoms with Gasteiger partial charge in [-0.05, 0) is 59.6 Å². The predicted octanol–water partition coefficient (Wildman–Crippen LogP) is 8.25. The highest BCUT2D eigenvalue weighted by Crippen LogP contribution is 2.41. The summed E-state index contributed by atoms with van der Waals surface area (Å²) in [5.74, 6) is 1.31. The van der Waals surface area contributed by atoms with Crippen LogP contribution in [0.4, 0.5) is 4.39 Å². The first kappa shape index (κ1) is 31.8. The van der Waals surface area contributed by atoms with Crippen LogP contribution < -0.4 is 0 Å². The second-order valence-electron chi connectivity index (χ2n) is 13.6. The van der Waals surface area contributed by atoms with E-state index in [4.69, 9.17) is 14.2 Å². The number of ether oxygens (including phenoxy) is 3. The summed E-state index contributed by atoms with van der Waals surface area (Å²) in [5.41, 5.74) is 3.61. The molecule has 0 bridgehead atoms. The first-order valence-electron chi connectivity index (χ1n) is 16.2. The number of halogens is 1. The van der Waals surface area contributed by atoms with Crippen LogP contribution in [0.3, 0.4) is 0 Å². The molecule has 0 radical (unpaired) electrons. The molecule has 1 aliphatic carbocycles. The fourth-order valence-electron chi connectivity index (χ4n) is 6.91. The lowest BCUT2D eigenvalue weighted by molar-refractivity contribution is -0.207. The summed E-state index contributed by atoms with van der Waals surface area (Å²) in [6.45, 7) is 9.42. The molecule has 3 aromatic carbocycles. The van der Waals surface area contributed by atoms with Crippen molar-refractivity contribution < 1.29 is 18.6 Å². The van der Waals surface area contributed by atoms with Crippen LogP contribution in [-0.4, -0.2) is 49.0 Å². The molecule has 0 aromatic heterocycles. The fourth-order valence-corrected chi connectivity index (χ4v) is 6.91. The topological polar surface area (TPSA) is 30.9 Å². The van der Waals surface area contributed by atoms with Gasteiger partial charge in [0.1, 0.15) is 18.9 Å². The highest BCUT2D eigenvalue weighted by molar-refractivity contribution is 5.16. The van der Waals surface area contributed by atoms with Crippen LogP contribution in [0.5, 0.6) is 0 Å². The van der Waals surface area contributed by atoms with Crippen molar-refractivity contribution in [1.82, 2.24) is 4.90 Å². The van der Waals surface area contributed by atoms with E-state index in [9.17, 15) is 0 Å². The van der Waals surface area contributed by atoms with E-state index < -0.39 is 18.9 Å². The Morgan fingerprint density at radius 1 is 0.651 bits per heavy atom. The molecule has 0 amide bonds. The van der Waals surface area contributed by atoms with E-state index in [1.807, 2.05) is 54.6 Å². The molecule has 1 aliphatic heterocycles. The Balaban J connectivity index is 1.37. The molecule has 4 nitrogen and oxygen atoms in total. The van der Waals surface area contributed by atoms with E-state index in [2.05, 4.69) is 62.1 Å². The van der Waals surface area contributed by atoms with Crippen LogP contribution in [0.15, 0.2) is 91.0 Å². The average molecular weight is 588 g/mol. The standard InChI is InChI=1S/C38H50FNO3/c1-38(2,3)33-21-19-29(20-22-33)24-40-25-35(41-26-30-13-7-4-8-14-30)37(43-28-32-17-11-6-12-18-32)36(34(40)23-39)42-27-31-15-9-5-10-16-31/h4-18,29,33-37H,19-28H2,1-3H3/t29?,33?,34-,35+,36-,37-/m1/s1. The van der Waals surface area contributed by atoms with Crippen LogP contribution in [-0.2, 0) is 34.0 Å². The average Bonchev–Trinajstić information content (AvgIpc) is 3.03. The minimum absolute atomic E-state index is 0.251. The van der Waals surface area contributed by atoms with E-state index in [-0.39, 0.29) is 12.1 Å². The van der Waals surface area contributed by atoms with Gasteiger partial charge in [-0.1, -0.05) is 112 Å². The highest BCUT2D eigenvalue weighted by atomic mass is 19.1. The highest BCUT2D eigenvalue weighted by Gasteiger charge is 2.46. The Kier molecular flexibility index (Phi) is 11.4. The Morgan fingerprint density at radius 2 is 1.12 bits per heavy atom. The van der Waals surface area contributed by atoms with Gasteiger partial charge in [-0.25, -0.2) is 4.39 Å². The SMILES string of the molecule is CC(C)(C)C1CCC(CN2C[C@H](OCc3ccccc3)[C@@H](OCc3ccccc3)[C@H](OCc3ccccc3)[C@H]2CF)CC1. The zero-order valence-electron chi connectivity index (χ0n) is 26.2. The summed E-state index contributed by atoms with van der Waals surface area (Å²) in [6.07, 6.45) is 3.75. The molecule has 2 fully saturated rings. The van der Waals surface area contributed by atoms with Crippen molar-refractivity contribution >= 4 is 0 Å². The van der Waals surface area contributed by atoms with Crippen molar-refractivity contribution in [3.05, 3.63) is 108 Å². The first-order valence-corrected chi connectivity index (χ1v) is 16.2. The zero-order valence-corrected chi connectivity index (χ0v) is 26.2. The van der Waals surface area contributed by atoms with Gasteiger partial charge in [-0.2, -0.15) is 0 Å². The summed E-state index contributed by atoms with van der Waals surface area (Å²) in [7, 11) is 0. The third-order valence-corrected chi connectivity index (χ3v) is 9.55. The molecule has 3 aromatic rings. The van der Waals surface area contributed by atoms with Crippen LogP contribution in [0, 0.1) is 17.3 Å². The van der Waals surface area contributed by atoms with Crippen molar-refractivity contribution in [3.8, 4) is 0 Å². The molecule has 5 heteroatoms. The number of alkyl halides is 1. The van der Waals surface area contributed by atoms with E-state index in [1.165, 1.54) is 25.7 Å². The quantitative estimate of drug-likeness (QED) is 0.214. The van der Waals surface area contributed by atoms with Gasteiger partial charge in [0.2, 0.25) is 0 Å². The molecule has 1 saturated heterocycles. The van der Waals surface area contributed by atoms with Crippen molar-refractivity contribution in [2.75, 3.05) is 19.8 Å². The van der Waals surface area contributed by atoms with Gasteiger partial charge >= 0.3 is 0 Å². The minimum Gasteiger partial charge on any atom is -0.369 e. The lowest BCUT2D eigenvalue weighted by Crippen LogP contribution is -2.64. The molecule has 1 heterocycles. The van der Waals surface area contributed by atoms with E-state index >= 15 is 4.39 Å². The van der Waals surface area contributed by atoms with Crippen molar-refractivity contribution in [2.45, 2.75) is 90.6 Å². The number of likely N-dealkylation sites (tertiary alicyclic amines) is 1. The second kappa shape index (κ2) is 15.4. The Bertz CT molecular complexity index is 1190. The maximum absolute atomic E-state index is 15.2. The molecule has 4 atom stereocenters. The summed E-state index contributed by atoms with van der Waals surface area (Å²) in [6, 6.07) is 30.2. The van der Waals surface area contributed by atoms with Crippen LogP contribution >= 0.6 is 0 Å². The summed E-state index contributed by atoms with van der Waals surface area (Å²) < 4.78 is 35.1. The fraction of sp³-hybridized carbons (Fsp3) is 0.526. The number of benzene rings is 3. The molecule has 2 aliphatic rings. The predicted molar refractivity (Wildman–Crippen MR) is 171 cm³/mol. The molecule has 0 spiro atoms. The Hall–Kier alpha value is -2.57. The molecule has 43 heavy (non-hydrogen) atoms. The second-order valence-corrected chi connectivity index (χ2v) is 13.6. The van der Waals surface area contributed by atoms with E-state index in [0.29, 0.717) is 37.7 Å². The first-order chi connectivity index (χ1) is 20.9. The zero-order chi connectivity index (χ0) is 30.1. The maximum atomic E-state index is 15.2. The number of nitrogens with zero attached hydrogens (tertiary/aromatic N) is 1. The van der Waals surface area contributed by atoms with Crippen molar-refractivity contribution in [3.63, 3.8) is 0 Å². The number of hydrogen-bond donors (Lipinski definition) is 0. The molecule has 0 N–H and O–H groups in total. The summed E-state index contributed by atoms with van der Waals surface area (Å²) in [4.78, 5) is 2.33. The maximum Gasteiger partial charge on any atom is 0.113 e. The number of rotatable bonds is 12. The molecule has 5 rings (SSSR count). The Morgan fingerprint density at radius 3 is 1.58 bits per heavy atom. The van der Waals surface area contributed by atoms with Gasteiger partial charge in [0, 0.05) is 13.1 Å². The van der Waals surface area contributed by atoms with Gasteiger partial charge in [0.25, 0.3) is 0 Å². The van der Waals surface area contributed by atoms with Crippen LogP contribution in [0.1, 0.15) is 63.1 Å². The van der Waals surface area contributed by atoms with Gasteiger partial charge in [-0.15, -0.1) is 0 Å². The molecule has 1 saturated carbocycles. The van der Waals surface area contributed by atoms with Gasteiger partial charge < -0.3 is 14.2 Å². The minimum atomic E-state index is -0.479. The largest absolute Gasteiger partial charge is 0.369 e. The lowest BCUT2D eigenvalue weighted by atomic mass is 9.69. The molecule has 0 unspecified atom stereocenters. The Labute approximate surface area is 258 Å². The van der Waals surface area contributed by atoms with Gasteiger partial charge in [-0.3, -0.25) is 4.90 Å². The monoisotopic (exact) mass is 587 g/mol. The smallest absolute Gasteiger partial charge is 0.113 e. The number of hydrogen-bond acceptors (Lipinski definition) is 4. The van der Waals surface area contributed by atoms with Crippen molar-refractivity contribution in [1.29, 1.82) is 0 Å². The van der Waals surface area contributed by atoms with Gasteiger partial charge in [0.15, 0.2) is 0 Å². The molecular weight excluding hydrogens is 537 g/mol. The van der Waals surface area contributed by atoms with E-state index in [0.717, 1.165) is 29.2 Å². The van der Waals surface area contributed by atoms with Gasteiger partial charge in [0.05, 0.1) is 32.0 Å². The molecular formula is C38H50FNO3. The summed E-state index contributed by atoms with van der Waals surface area (Å²) in [5, 5.41) is 0.